The van der Waals surface area contributed by atoms with E-state index in [1.54, 1.807) is 6.20 Å². The molecule has 0 aliphatic carbocycles. The molecule has 0 spiro atoms. The number of nitrogens with zero attached hydrogens (tertiary/aromatic N) is 3. The molecule has 0 bridgehead atoms. The predicted molar refractivity (Wildman–Crippen MR) is 60.9 cm³/mol. The SMILES string of the molecule is c1ccc(Cc2ccnc3n[nH]nc23)cc1. The van der Waals surface area contributed by atoms with E-state index in [-0.39, 0.29) is 0 Å². The average molecular weight is 210 g/mol. The van der Waals surface area contributed by atoms with Gasteiger partial charge in [-0.05, 0) is 23.6 Å². The fourth-order valence-electron chi connectivity index (χ4n) is 1.77. The molecule has 3 rings (SSSR count). The van der Waals surface area contributed by atoms with Crippen LogP contribution >= 0.6 is 0 Å². The Kier molecular flexibility index (Phi) is 2.11. The quantitative estimate of drug-likeness (QED) is 0.703. The lowest BCUT2D eigenvalue weighted by atomic mass is 10.1. The van der Waals surface area contributed by atoms with Gasteiger partial charge in [-0.15, -0.1) is 5.10 Å². The number of nitrogens with one attached hydrogen (secondary N) is 1. The lowest BCUT2D eigenvalue weighted by molar-refractivity contribution is 0.953. The molecule has 1 aromatic carbocycles. The van der Waals surface area contributed by atoms with Crippen LogP contribution in [0.25, 0.3) is 11.2 Å². The molecule has 0 saturated carbocycles. The number of aromatic amines is 1. The van der Waals surface area contributed by atoms with E-state index in [1.807, 2.05) is 24.3 Å². The molecule has 0 aliphatic heterocycles. The van der Waals surface area contributed by atoms with E-state index in [0.29, 0.717) is 5.65 Å². The van der Waals surface area contributed by atoms with Gasteiger partial charge >= 0.3 is 0 Å². The second kappa shape index (κ2) is 3.73. The standard InChI is InChI=1S/C12H10N4/c1-2-4-9(5-3-1)8-10-6-7-13-12-11(10)14-16-15-12/h1-7H,8H2,(H,13,14,15,16). The topological polar surface area (TPSA) is 54.5 Å². The second-order valence-corrected chi connectivity index (χ2v) is 3.63. The van der Waals surface area contributed by atoms with Gasteiger partial charge < -0.3 is 0 Å². The van der Waals surface area contributed by atoms with Crippen LogP contribution in [-0.2, 0) is 6.42 Å². The highest BCUT2D eigenvalue weighted by Crippen LogP contribution is 2.15. The zero-order chi connectivity index (χ0) is 10.8. The Balaban J connectivity index is 2.04. The highest BCUT2D eigenvalue weighted by Gasteiger charge is 2.05. The Bertz CT molecular complexity index is 600. The maximum Gasteiger partial charge on any atom is 0.201 e. The van der Waals surface area contributed by atoms with Crippen LogP contribution in [-0.4, -0.2) is 20.4 Å². The van der Waals surface area contributed by atoms with Crippen LogP contribution < -0.4 is 0 Å². The van der Waals surface area contributed by atoms with E-state index in [9.17, 15) is 0 Å². The molecule has 0 saturated heterocycles. The molecule has 78 valence electrons. The number of benzene rings is 1. The van der Waals surface area contributed by atoms with Crippen molar-refractivity contribution >= 4 is 11.2 Å². The number of H-pyrrole nitrogens is 1. The van der Waals surface area contributed by atoms with Crippen molar-refractivity contribution < 1.29 is 0 Å². The zero-order valence-corrected chi connectivity index (χ0v) is 8.59. The van der Waals surface area contributed by atoms with E-state index in [4.69, 9.17) is 0 Å². The van der Waals surface area contributed by atoms with Gasteiger partial charge in [-0.25, -0.2) is 4.98 Å². The lowest BCUT2D eigenvalue weighted by Gasteiger charge is -2.01. The van der Waals surface area contributed by atoms with Gasteiger partial charge in [0.25, 0.3) is 0 Å². The number of hydrogen-bond donors (Lipinski definition) is 1. The Morgan fingerprint density at radius 2 is 1.88 bits per heavy atom. The second-order valence-electron chi connectivity index (χ2n) is 3.63. The highest BCUT2D eigenvalue weighted by molar-refractivity contribution is 5.73. The van der Waals surface area contributed by atoms with Crippen molar-refractivity contribution in [2.45, 2.75) is 6.42 Å². The zero-order valence-electron chi connectivity index (χ0n) is 8.59. The molecule has 16 heavy (non-hydrogen) atoms. The molecule has 2 aromatic heterocycles. The highest BCUT2D eigenvalue weighted by atomic mass is 15.3. The molecule has 3 aromatic rings. The monoisotopic (exact) mass is 210 g/mol. The first-order valence-electron chi connectivity index (χ1n) is 5.12. The first-order chi connectivity index (χ1) is 7.93. The Hall–Kier alpha value is -2.23. The number of fused-ring (bicyclic) bond motifs is 1. The molecule has 0 fully saturated rings. The fraction of sp³-hybridized carbons (Fsp3) is 0.0833. The lowest BCUT2D eigenvalue weighted by Crippen LogP contribution is -1.90. The summed E-state index contributed by atoms with van der Waals surface area (Å²) in [5, 5.41) is 10.7. The minimum atomic E-state index is 0.674. The molecule has 4 heteroatoms. The van der Waals surface area contributed by atoms with E-state index < -0.39 is 0 Å². The van der Waals surface area contributed by atoms with Gasteiger partial charge in [0.2, 0.25) is 5.65 Å². The number of rotatable bonds is 2. The van der Waals surface area contributed by atoms with Crippen LogP contribution in [0, 0.1) is 0 Å². The third-order valence-corrected chi connectivity index (χ3v) is 2.54. The first-order valence-corrected chi connectivity index (χ1v) is 5.12. The van der Waals surface area contributed by atoms with Crippen LogP contribution in [0.5, 0.6) is 0 Å². The van der Waals surface area contributed by atoms with Gasteiger partial charge in [-0.1, -0.05) is 30.3 Å². The number of pyridine rings is 1. The molecule has 1 N–H and O–H groups in total. The van der Waals surface area contributed by atoms with Gasteiger partial charge in [-0.2, -0.15) is 10.3 Å². The molecule has 0 aliphatic rings. The van der Waals surface area contributed by atoms with Gasteiger partial charge in [0.1, 0.15) is 5.52 Å². The van der Waals surface area contributed by atoms with Crippen molar-refractivity contribution in [3.63, 3.8) is 0 Å². The fourth-order valence-corrected chi connectivity index (χ4v) is 1.77. The molecular weight excluding hydrogens is 200 g/mol. The van der Waals surface area contributed by atoms with Gasteiger partial charge in [0.05, 0.1) is 0 Å². The van der Waals surface area contributed by atoms with Crippen molar-refractivity contribution in [2.24, 2.45) is 0 Å². The Morgan fingerprint density at radius 1 is 1.00 bits per heavy atom. The molecular formula is C12H10N4. The minimum Gasteiger partial charge on any atom is -0.234 e. The van der Waals surface area contributed by atoms with Crippen LogP contribution in [0.15, 0.2) is 42.6 Å². The van der Waals surface area contributed by atoms with E-state index >= 15 is 0 Å². The minimum absolute atomic E-state index is 0.674. The molecule has 0 radical (unpaired) electrons. The van der Waals surface area contributed by atoms with Crippen LogP contribution in [0.4, 0.5) is 0 Å². The first kappa shape index (κ1) is 9.03. The average Bonchev–Trinajstić information content (AvgIpc) is 2.80. The van der Waals surface area contributed by atoms with Crippen molar-refractivity contribution in [2.75, 3.05) is 0 Å². The summed E-state index contributed by atoms with van der Waals surface area (Å²) in [4.78, 5) is 4.14. The van der Waals surface area contributed by atoms with Crippen molar-refractivity contribution in [1.82, 2.24) is 20.4 Å². The van der Waals surface area contributed by atoms with Crippen LogP contribution in [0.2, 0.25) is 0 Å². The van der Waals surface area contributed by atoms with Crippen LogP contribution in [0.3, 0.4) is 0 Å². The summed E-state index contributed by atoms with van der Waals surface area (Å²) in [6, 6.07) is 12.3. The predicted octanol–water partition coefficient (Wildman–Crippen LogP) is 1.94. The summed E-state index contributed by atoms with van der Waals surface area (Å²) in [5.41, 5.74) is 3.93. The van der Waals surface area contributed by atoms with Crippen molar-refractivity contribution in [3.05, 3.63) is 53.7 Å². The van der Waals surface area contributed by atoms with E-state index in [2.05, 4.69) is 32.5 Å². The Morgan fingerprint density at radius 3 is 2.75 bits per heavy atom. The largest absolute Gasteiger partial charge is 0.234 e. The third kappa shape index (κ3) is 1.54. The van der Waals surface area contributed by atoms with Crippen LogP contribution in [0.1, 0.15) is 11.1 Å². The molecule has 0 amide bonds. The van der Waals surface area contributed by atoms with Crippen molar-refractivity contribution in [1.29, 1.82) is 0 Å². The van der Waals surface area contributed by atoms with Gasteiger partial charge in [0.15, 0.2) is 0 Å². The summed E-state index contributed by atoms with van der Waals surface area (Å²) in [6.07, 6.45) is 2.62. The molecule has 4 nitrogen and oxygen atoms in total. The number of aromatic nitrogens is 4. The normalized spacial score (nSPS) is 10.8. The summed E-state index contributed by atoms with van der Waals surface area (Å²) < 4.78 is 0. The van der Waals surface area contributed by atoms with Gasteiger partial charge in [0, 0.05) is 6.20 Å². The maximum absolute atomic E-state index is 4.14. The van der Waals surface area contributed by atoms with Gasteiger partial charge in [-0.3, -0.25) is 0 Å². The van der Waals surface area contributed by atoms with E-state index in [0.717, 1.165) is 17.5 Å². The summed E-state index contributed by atoms with van der Waals surface area (Å²) in [6.45, 7) is 0. The van der Waals surface area contributed by atoms with E-state index in [1.165, 1.54) is 5.56 Å². The summed E-state index contributed by atoms with van der Waals surface area (Å²) >= 11 is 0. The maximum atomic E-state index is 4.14. The van der Waals surface area contributed by atoms with Crippen molar-refractivity contribution in [3.8, 4) is 0 Å². The Labute approximate surface area is 92.3 Å². The smallest absolute Gasteiger partial charge is 0.201 e. The molecule has 0 unspecified atom stereocenters. The summed E-state index contributed by atoms with van der Waals surface area (Å²) in [7, 11) is 0. The summed E-state index contributed by atoms with van der Waals surface area (Å²) in [5.74, 6) is 0. The number of hydrogen-bond acceptors (Lipinski definition) is 3. The third-order valence-electron chi connectivity index (χ3n) is 2.54. The molecule has 0 atom stereocenters. The molecule has 2 heterocycles.